The van der Waals surface area contributed by atoms with Gasteiger partial charge in [0.25, 0.3) is 0 Å². The van der Waals surface area contributed by atoms with Gasteiger partial charge in [0.1, 0.15) is 0 Å². The van der Waals surface area contributed by atoms with Crippen LogP contribution < -0.4 is 5.32 Å². The zero-order valence-electron chi connectivity index (χ0n) is 13.7. The summed E-state index contributed by atoms with van der Waals surface area (Å²) in [6.07, 6.45) is 1.29. The Kier molecular flexibility index (Phi) is 5.03. The van der Waals surface area contributed by atoms with Crippen LogP contribution in [0.25, 0.3) is 10.2 Å². The first-order chi connectivity index (χ1) is 11.9. The largest absolute Gasteiger partial charge is 0.339 e. The number of hydrogen-bond acceptors (Lipinski definition) is 6. The molecule has 0 atom stereocenters. The molecule has 0 aliphatic heterocycles. The Morgan fingerprint density at radius 2 is 2.04 bits per heavy atom. The first-order valence-electron chi connectivity index (χ1n) is 7.80. The molecule has 1 N–H and O–H groups in total. The summed E-state index contributed by atoms with van der Waals surface area (Å²) in [6.45, 7) is 3.94. The minimum atomic E-state index is -0.962. The van der Waals surface area contributed by atoms with Crippen molar-refractivity contribution >= 4 is 32.6 Å². The molecule has 0 saturated heterocycles. The summed E-state index contributed by atoms with van der Waals surface area (Å²) < 4.78 is 32.0. The highest BCUT2D eigenvalue weighted by Crippen LogP contribution is 2.27. The van der Waals surface area contributed by atoms with Crippen molar-refractivity contribution in [1.82, 2.24) is 15.1 Å². The van der Waals surface area contributed by atoms with E-state index in [9.17, 15) is 13.6 Å². The van der Waals surface area contributed by atoms with Crippen molar-refractivity contribution < 1.29 is 18.1 Å². The number of benzene rings is 1. The van der Waals surface area contributed by atoms with Gasteiger partial charge in [0.05, 0.1) is 10.2 Å². The number of amides is 1. The van der Waals surface area contributed by atoms with Crippen LogP contribution in [0.4, 0.5) is 13.9 Å². The third kappa shape index (κ3) is 4.16. The van der Waals surface area contributed by atoms with E-state index in [1.165, 1.54) is 0 Å². The fourth-order valence-electron chi connectivity index (χ4n) is 2.16. The average Bonchev–Trinajstić information content (AvgIpc) is 3.14. The molecule has 0 saturated carbocycles. The number of hydrogen-bond donors (Lipinski definition) is 1. The standard InChI is InChI=1S/C16H16F2N4O2S/c1-8(2)15-21-14(24-22-15)5-3-4-13(23)20-16-19-11-6-9(17)10(18)7-12(11)25-16/h6-8H,3-5H2,1-2H3,(H,19,20,23). The van der Waals surface area contributed by atoms with E-state index < -0.39 is 11.6 Å². The molecule has 0 radical (unpaired) electrons. The molecule has 9 heteroatoms. The number of rotatable bonds is 6. The summed E-state index contributed by atoms with van der Waals surface area (Å²) in [5, 5.41) is 6.81. The number of thiazole rings is 1. The highest BCUT2D eigenvalue weighted by Gasteiger charge is 2.13. The van der Waals surface area contributed by atoms with Crippen molar-refractivity contribution in [3.8, 4) is 0 Å². The molecule has 0 spiro atoms. The van der Waals surface area contributed by atoms with Crippen LogP contribution >= 0.6 is 11.3 Å². The van der Waals surface area contributed by atoms with E-state index in [1.807, 2.05) is 13.8 Å². The lowest BCUT2D eigenvalue weighted by atomic mass is 10.2. The van der Waals surface area contributed by atoms with Crippen molar-refractivity contribution in [3.05, 3.63) is 35.5 Å². The van der Waals surface area contributed by atoms with E-state index >= 15 is 0 Å². The Morgan fingerprint density at radius 3 is 2.76 bits per heavy atom. The van der Waals surface area contributed by atoms with Gasteiger partial charge in [-0.05, 0) is 12.5 Å². The van der Waals surface area contributed by atoms with Gasteiger partial charge in [-0.25, -0.2) is 13.8 Å². The summed E-state index contributed by atoms with van der Waals surface area (Å²) in [5.41, 5.74) is 0.311. The molecular weight excluding hydrogens is 350 g/mol. The first kappa shape index (κ1) is 17.4. The molecule has 0 fully saturated rings. The number of halogens is 2. The number of aryl methyl sites for hydroxylation is 1. The van der Waals surface area contributed by atoms with Crippen LogP contribution in [-0.4, -0.2) is 21.0 Å². The van der Waals surface area contributed by atoms with Crippen molar-refractivity contribution in [3.63, 3.8) is 0 Å². The average molecular weight is 366 g/mol. The number of fused-ring (bicyclic) bond motifs is 1. The maximum Gasteiger partial charge on any atom is 0.226 e. The van der Waals surface area contributed by atoms with E-state index in [0.29, 0.717) is 39.9 Å². The Bertz CT molecular complexity index is 868. The van der Waals surface area contributed by atoms with Gasteiger partial charge < -0.3 is 9.84 Å². The van der Waals surface area contributed by atoms with E-state index in [0.717, 1.165) is 23.5 Å². The Balaban J connectivity index is 1.53. The molecule has 25 heavy (non-hydrogen) atoms. The van der Waals surface area contributed by atoms with Gasteiger partial charge in [-0.3, -0.25) is 4.79 Å². The normalized spacial score (nSPS) is 11.4. The SMILES string of the molecule is CC(C)c1noc(CCCC(=O)Nc2nc3cc(F)c(F)cc3s2)n1. The van der Waals surface area contributed by atoms with Gasteiger partial charge in [-0.1, -0.05) is 30.3 Å². The van der Waals surface area contributed by atoms with Crippen LogP contribution in [-0.2, 0) is 11.2 Å². The van der Waals surface area contributed by atoms with E-state index in [2.05, 4.69) is 20.4 Å². The summed E-state index contributed by atoms with van der Waals surface area (Å²) in [7, 11) is 0. The van der Waals surface area contributed by atoms with Crippen LogP contribution in [0.15, 0.2) is 16.7 Å². The lowest BCUT2D eigenvalue weighted by Crippen LogP contribution is -2.11. The quantitative estimate of drug-likeness (QED) is 0.712. The van der Waals surface area contributed by atoms with E-state index in [4.69, 9.17) is 4.52 Å². The number of nitrogens with zero attached hydrogens (tertiary/aromatic N) is 3. The number of nitrogens with one attached hydrogen (secondary N) is 1. The van der Waals surface area contributed by atoms with Crippen LogP contribution in [0.3, 0.4) is 0 Å². The predicted molar refractivity (Wildman–Crippen MR) is 89.5 cm³/mol. The van der Waals surface area contributed by atoms with Crippen molar-refractivity contribution in [2.75, 3.05) is 5.32 Å². The van der Waals surface area contributed by atoms with Crippen LogP contribution in [0, 0.1) is 11.6 Å². The van der Waals surface area contributed by atoms with Crippen LogP contribution in [0.5, 0.6) is 0 Å². The van der Waals surface area contributed by atoms with Gasteiger partial charge >= 0.3 is 0 Å². The molecule has 1 amide bonds. The van der Waals surface area contributed by atoms with Crippen molar-refractivity contribution in [2.45, 2.75) is 39.0 Å². The molecule has 3 rings (SSSR count). The Morgan fingerprint density at radius 1 is 1.28 bits per heavy atom. The lowest BCUT2D eigenvalue weighted by molar-refractivity contribution is -0.116. The number of carbonyl (C=O) groups excluding carboxylic acids is 1. The highest BCUT2D eigenvalue weighted by molar-refractivity contribution is 7.22. The molecule has 2 aromatic heterocycles. The van der Waals surface area contributed by atoms with E-state index in [1.54, 1.807) is 0 Å². The highest BCUT2D eigenvalue weighted by atomic mass is 32.1. The third-order valence-corrected chi connectivity index (χ3v) is 4.41. The van der Waals surface area contributed by atoms with Crippen molar-refractivity contribution in [1.29, 1.82) is 0 Å². The monoisotopic (exact) mass is 366 g/mol. The van der Waals surface area contributed by atoms with E-state index in [-0.39, 0.29) is 18.2 Å². The van der Waals surface area contributed by atoms with Crippen LogP contribution in [0.1, 0.15) is 44.3 Å². The first-order valence-corrected chi connectivity index (χ1v) is 8.62. The zero-order chi connectivity index (χ0) is 18.0. The molecule has 2 heterocycles. The second kappa shape index (κ2) is 7.22. The van der Waals surface area contributed by atoms with Crippen LogP contribution in [0.2, 0.25) is 0 Å². The Hall–Kier alpha value is -2.42. The number of aromatic nitrogens is 3. The smallest absolute Gasteiger partial charge is 0.226 e. The summed E-state index contributed by atoms with van der Waals surface area (Å²) in [6, 6.07) is 2.08. The second-order valence-electron chi connectivity index (χ2n) is 5.86. The van der Waals surface area contributed by atoms with Gasteiger partial charge in [0.2, 0.25) is 11.8 Å². The summed E-state index contributed by atoms with van der Waals surface area (Å²) in [5.74, 6) is -0.792. The molecule has 0 unspecified atom stereocenters. The molecule has 3 aromatic rings. The van der Waals surface area contributed by atoms with Gasteiger partial charge in [-0.2, -0.15) is 4.98 Å². The minimum absolute atomic E-state index is 0.189. The molecule has 0 aliphatic rings. The third-order valence-electron chi connectivity index (χ3n) is 3.47. The van der Waals surface area contributed by atoms with Crippen molar-refractivity contribution in [2.24, 2.45) is 0 Å². The molecule has 0 bridgehead atoms. The fraction of sp³-hybridized carbons (Fsp3) is 0.375. The Labute approximate surface area is 146 Å². The van der Waals surface area contributed by atoms with Gasteiger partial charge in [0, 0.05) is 24.8 Å². The summed E-state index contributed by atoms with van der Waals surface area (Å²) >= 11 is 1.09. The fourth-order valence-corrected chi connectivity index (χ4v) is 3.05. The lowest BCUT2D eigenvalue weighted by Gasteiger charge is -1.99. The maximum atomic E-state index is 13.2. The second-order valence-corrected chi connectivity index (χ2v) is 6.89. The molecule has 0 aliphatic carbocycles. The minimum Gasteiger partial charge on any atom is -0.339 e. The predicted octanol–water partition coefficient (Wildman–Crippen LogP) is 4.04. The van der Waals surface area contributed by atoms with Gasteiger partial charge in [-0.15, -0.1) is 0 Å². The van der Waals surface area contributed by atoms with Gasteiger partial charge in [0.15, 0.2) is 22.6 Å². The topological polar surface area (TPSA) is 80.9 Å². The molecule has 1 aromatic carbocycles. The number of anilines is 1. The zero-order valence-corrected chi connectivity index (χ0v) is 14.5. The molecule has 6 nitrogen and oxygen atoms in total. The summed E-state index contributed by atoms with van der Waals surface area (Å²) in [4.78, 5) is 20.3. The molecular formula is C16H16F2N4O2S. The molecule has 132 valence electrons. The maximum absolute atomic E-state index is 13.2. The number of carbonyl (C=O) groups is 1.